The number of hydrogen-bond donors (Lipinski definition) is 1. The zero-order chi connectivity index (χ0) is 13.8. The molecule has 4 nitrogen and oxygen atoms in total. The number of rotatable bonds is 4. The van der Waals surface area contributed by atoms with Crippen LogP contribution in [-0.4, -0.2) is 39.9 Å². The minimum atomic E-state index is 0.619. The van der Waals surface area contributed by atoms with Gasteiger partial charge in [-0.2, -0.15) is 5.10 Å². The van der Waals surface area contributed by atoms with Gasteiger partial charge in [0.2, 0.25) is 0 Å². The van der Waals surface area contributed by atoms with Gasteiger partial charge in [0.1, 0.15) is 0 Å². The van der Waals surface area contributed by atoms with Crippen molar-refractivity contribution in [3.8, 4) is 0 Å². The molecule has 1 aliphatic rings. The van der Waals surface area contributed by atoms with Crippen LogP contribution in [0.25, 0.3) is 0 Å². The molecule has 2 unspecified atom stereocenters. The summed E-state index contributed by atoms with van der Waals surface area (Å²) in [6.07, 6.45) is 4.51. The van der Waals surface area contributed by atoms with E-state index in [9.17, 15) is 0 Å². The van der Waals surface area contributed by atoms with E-state index in [4.69, 9.17) is 0 Å². The lowest BCUT2D eigenvalue weighted by Gasteiger charge is -2.29. The molecule has 2 rings (SSSR count). The summed E-state index contributed by atoms with van der Waals surface area (Å²) in [5, 5.41) is 8.21. The van der Waals surface area contributed by atoms with E-state index in [2.05, 4.69) is 42.2 Å². The van der Waals surface area contributed by atoms with Gasteiger partial charge in [0, 0.05) is 38.4 Å². The van der Waals surface area contributed by atoms with E-state index in [0.29, 0.717) is 12.1 Å². The summed E-state index contributed by atoms with van der Waals surface area (Å²) in [5.74, 6) is 0.752. The SMILES string of the molecule is CC(C)CC1CN(Cc2ccn(C)n2)C(C)CCN1. The normalized spacial score (nSPS) is 25.7. The summed E-state index contributed by atoms with van der Waals surface area (Å²) in [7, 11) is 1.98. The lowest BCUT2D eigenvalue weighted by Crippen LogP contribution is -2.40. The second-order valence-electron chi connectivity index (χ2n) is 6.33. The molecule has 0 radical (unpaired) electrons. The van der Waals surface area contributed by atoms with Gasteiger partial charge in [-0.25, -0.2) is 0 Å². The molecule has 1 aromatic heterocycles. The molecule has 0 spiro atoms. The molecule has 4 heteroatoms. The van der Waals surface area contributed by atoms with Crippen LogP contribution in [0.4, 0.5) is 0 Å². The molecule has 2 heterocycles. The highest BCUT2D eigenvalue weighted by atomic mass is 15.3. The van der Waals surface area contributed by atoms with Crippen LogP contribution in [0.1, 0.15) is 39.3 Å². The molecule has 0 amide bonds. The van der Waals surface area contributed by atoms with Crippen molar-refractivity contribution in [2.24, 2.45) is 13.0 Å². The average Bonchev–Trinajstić information content (AvgIpc) is 2.64. The lowest BCUT2D eigenvalue weighted by atomic mass is 10.0. The zero-order valence-corrected chi connectivity index (χ0v) is 12.8. The topological polar surface area (TPSA) is 33.1 Å². The van der Waals surface area contributed by atoms with Crippen LogP contribution in [0.15, 0.2) is 12.3 Å². The molecule has 1 fully saturated rings. The van der Waals surface area contributed by atoms with Crippen LogP contribution in [-0.2, 0) is 13.6 Å². The Morgan fingerprint density at radius 3 is 2.89 bits per heavy atom. The first-order chi connectivity index (χ1) is 9.04. The highest BCUT2D eigenvalue weighted by molar-refractivity contribution is 4.99. The summed E-state index contributed by atoms with van der Waals surface area (Å²) in [6.45, 7) is 10.2. The van der Waals surface area contributed by atoms with Crippen molar-refractivity contribution in [3.63, 3.8) is 0 Å². The molecule has 1 N–H and O–H groups in total. The third-order valence-electron chi connectivity index (χ3n) is 3.96. The predicted molar refractivity (Wildman–Crippen MR) is 78.9 cm³/mol. The smallest absolute Gasteiger partial charge is 0.0764 e. The van der Waals surface area contributed by atoms with Crippen molar-refractivity contribution in [3.05, 3.63) is 18.0 Å². The summed E-state index contributed by atoms with van der Waals surface area (Å²) in [6, 6.07) is 3.38. The Hall–Kier alpha value is -0.870. The fraction of sp³-hybridized carbons (Fsp3) is 0.800. The van der Waals surface area contributed by atoms with Gasteiger partial charge in [-0.1, -0.05) is 13.8 Å². The van der Waals surface area contributed by atoms with Gasteiger partial charge in [-0.05, 0) is 38.3 Å². The van der Waals surface area contributed by atoms with E-state index in [-0.39, 0.29) is 0 Å². The number of aromatic nitrogens is 2. The van der Waals surface area contributed by atoms with Crippen LogP contribution in [0.5, 0.6) is 0 Å². The maximum absolute atomic E-state index is 4.51. The molecule has 0 aromatic carbocycles. The molecule has 19 heavy (non-hydrogen) atoms. The monoisotopic (exact) mass is 264 g/mol. The molecule has 108 valence electrons. The van der Waals surface area contributed by atoms with Gasteiger partial charge in [-0.15, -0.1) is 0 Å². The summed E-state index contributed by atoms with van der Waals surface area (Å²) in [4.78, 5) is 2.58. The largest absolute Gasteiger partial charge is 0.313 e. The van der Waals surface area contributed by atoms with Crippen LogP contribution in [0.2, 0.25) is 0 Å². The van der Waals surface area contributed by atoms with E-state index in [1.54, 1.807) is 0 Å². The first-order valence-electron chi connectivity index (χ1n) is 7.50. The minimum Gasteiger partial charge on any atom is -0.313 e. The number of aryl methyl sites for hydroxylation is 1. The van der Waals surface area contributed by atoms with Crippen LogP contribution in [0.3, 0.4) is 0 Å². The first kappa shape index (κ1) is 14.5. The summed E-state index contributed by atoms with van der Waals surface area (Å²) < 4.78 is 1.89. The zero-order valence-electron chi connectivity index (χ0n) is 12.8. The van der Waals surface area contributed by atoms with E-state index in [0.717, 1.165) is 25.6 Å². The fourth-order valence-corrected chi connectivity index (χ4v) is 2.91. The molecule has 1 aliphatic heterocycles. The highest BCUT2D eigenvalue weighted by Crippen LogP contribution is 2.16. The molecule has 1 saturated heterocycles. The molecular formula is C15H28N4. The Morgan fingerprint density at radius 1 is 1.47 bits per heavy atom. The standard InChI is InChI=1S/C15H28N4/c1-12(2)9-15-11-19(13(3)5-7-16-15)10-14-6-8-18(4)17-14/h6,8,12-13,15-16H,5,7,9-11H2,1-4H3. The van der Waals surface area contributed by atoms with Crippen LogP contribution >= 0.6 is 0 Å². The van der Waals surface area contributed by atoms with Crippen molar-refractivity contribution in [2.45, 2.75) is 52.2 Å². The van der Waals surface area contributed by atoms with E-state index in [1.807, 2.05) is 17.9 Å². The second-order valence-corrected chi connectivity index (χ2v) is 6.33. The van der Waals surface area contributed by atoms with Crippen molar-refractivity contribution >= 4 is 0 Å². The highest BCUT2D eigenvalue weighted by Gasteiger charge is 2.23. The van der Waals surface area contributed by atoms with Crippen LogP contribution < -0.4 is 5.32 Å². The maximum atomic E-state index is 4.51. The Balaban J connectivity index is 1.98. The Kier molecular flexibility index (Phi) is 4.99. The number of nitrogens with one attached hydrogen (secondary N) is 1. The van der Waals surface area contributed by atoms with E-state index >= 15 is 0 Å². The van der Waals surface area contributed by atoms with Crippen molar-refractivity contribution < 1.29 is 0 Å². The van der Waals surface area contributed by atoms with Gasteiger partial charge in [0.15, 0.2) is 0 Å². The molecule has 1 aromatic rings. The molecule has 2 atom stereocenters. The average molecular weight is 264 g/mol. The Labute approximate surface area is 117 Å². The lowest BCUT2D eigenvalue weighted by molar-refractivity contribution is 0.187. The molecule has 0 bridgehead atoms. The quantitative estimate of drug-likeness (QED) is 0.903. The number of hydrogen-bond acceptors (Lipinski definition) is 3. The molecule has 0 aliphatic carbocycles. The first-order valence-corrected chi connectivity index (χ1v) is 7.50. The minimum absolute atomic E-state index is 0.619. The van der Waals surface area contributed by atoms with Gasteiger partial charge < -0.3 is 5.32 Å². The van der Waals surface area contributed by atoms with Crippen molar-refractivity contribution in [1.82, 2.24) is 20.0 Å². The Bertz CT molecular complexity index is 385. The predicted octanol–water partition coefficient (Wildman–Crippen LogP) is 2.02. The maximum Gasteiger partial charge on any atom is 0.0764 e. The van der Waals surface area contributed by atoms with Gasteiger partial charge in [-0.3, -0.25) is 9.58 Å². The van der Waals surface area contributed by atoms with Gasteiger partial charge in [0.25, 0.3) is 0 Å². The van der Waals surface area contributed by atoms with Gasteiger partial charge >= 0.3 is 0 Å². The molecular weight excluding hydrogens is 236 g/mol. The van der Waals surface area contributed by atoms with E-state index < -0.39 is 0 Å². The third-order valence-corrected chi connectivity index (χ3v) is 3.96. The summed E-state index contributed by atoms with van der Waals surface area (Å²) >= 11 is 0. The third kappa shape index (κ3) is 4.32. The van der Waals surface area contributed by atoms with Crippen molar-refractivity contribution in [2.75, 3.05) is 13.1 Å². The summed E-state index contributed by atoms with van der Waals surface area (Å²) in [5.41, 5.74) is 1.18. The van der Waals surface area contributed by atoms with E-state index in [1.165, 1.54) is 18.5 Å². The Morgan fingerprint density at radius 2 is 2.26 bits per heavy atom. The van der Waals surface area contributed by atoms with Crippen molar-refractivity contribution in [1.29, 1.82) is 0 Å². The van der Waals surface area contributed by atoms with Gasteiger partial charge in [0.05, 0.1) is 5.69 Å². The number of nitrogens with zero attached hydrogens (tertiary/aromatic N) is 3. The molecule has 0 saturated carbocycles. The second kappa shape index (κ2) is 6.53. The fourth-order valence-electron chi connectivity index (χ4n) is 2.91. The van der Waals surface area contributed by atoms with Crippen LogP contribution in [0, 0.1) is 5.92 Å².